The molecule has 1 rings (SSSR count). The molecule has 3 heteroatoms. The summed E-state index contributed by atoms with van der Waals surface area (Å²) >= 11 is 1.66. The number of benzene rings is 1. The van der Waals surface area contributed by atoms with Gasteiger partial charge in [-0.15, -0.1) is 11.8 Å². The van der Waals surface area contributed by atoms with E-state index in [-0.39, 0.29) is 0 Å². The molecule has 1 atom stereocenters. The Labute approximate surface area is 89.5 Å². The van der Waals surface area contributed by atoms with Crippen molar-refractivity contribution in [2.45, 2.75) is 24.8 Å². The lowest BCUT2D eigenvalue weighted by atomic mass is 10.2. The van der Waals surface area contributed by atoms with Crippen molar-refractivity contribution in [3.63, 3.8) is 0 Å². The molecule has 0 aliphatic rings. The van der Waals surface area contributed by atoms with Gasteiger partial charge >= 0.3 is 0 Å². The molecule has 0 amide bonds. The lowest BCUT2D eigenvalue weighted by molar-refractivity contribution is 0.208. The van der Waals surface area contributed by atoms with Crippen LogP contribution >= 0.6 is 11.8 Å². The van der Waals surface area contributed by atoms with Gasteiger partial charge in [-0.3, -0.25) is 0 Å². The Morgan fingerprint density at radius 1 is 1.43 bits per heavy atom. The average Bonchev–Trinajstić information content (AvgIpc) is 2.16. The van der Waals surface area contributed by atoms with Crippen molar-refractivity contribution < 1.29 is 5.11 Å². The van der Waals surface area contributed by atoms with E-state index in [4.69, 9.17) is 5.73 Å². The van der Waals surface area contributed by atoms with E-state index in [1.165, 1.54) is 16.0 Å². The van der Waals surface area contributed by atoms with E-state index in [9.17, 15) is 5.11 Å². The Morgan fingerprint density at radius 3 is 2.71 bits per heavy atom. The predicted octanol–water partition coefficient (Wildman–Crippen LogP) is 1.72. The first kappa shape index (κ1) is 11.6. The molecule has 0 bridgehead atoms. The zero-order chi connectivity index (χ0) is 10.6. The zero-order valence-electron chi connectivity index (χ0n) is 8.66. The normalized spacial score (nSPS) is 12.9. The molecule has 0 aliphatic heterocycles. The standard InChI is InChI=1S/C11H17NOS/c1-8-3-4-11(9(2)5-8)14-7-10(13)6-12/h3-5,10,13H,6-7,12H2,1-2H3. The molecule has 0 aromatic heterocycles. The Balaban J connectivity index is 2.59. The van der Waals surface area contributed by atoms with Gasteiger partial charge in [-0.05, 0) is 25.5 Å². The number of thioether (sulfide) groups is 1. The van der Waals surface area contributed by atoms with E-state index in [0.717, 1.165) is 0 Å². The highest BCUT2D eigenvalue weighted by Crippen LogP contribution is 2.23. The van der Waals surface area contributed by atoms with Gasteiger partial charge in [0, 0.05) is 17.2 Å². The second-order valence-corrected chi connectivity index (χ2v) is 4.53. The first-order chi connectivity index (χ1) is 6.63. The van der Waals surface area contributed by atoms with Gasteiger partial charge in [0.1, 0.15) is 0 Å². The number of aliphatic hydroxyl groups excluding tert-OH is 1. The van der Waals surface area contributed by atoms with Crippen molar-refractivity contribution in [2.75, 3.05) is 12.3 Å². The molecule has 1 unspecified atom stereocenters. The van der Waals surface area contributed by atoms with Crippen LogP contribution in [0.15, 0.2) is 23.1 Å². The van der Waals surface area contributed by atoms with Crippen LogP contribution in [-0.4, -0.2) is 23.5 Å². The summed E-state index contributed by atoms with van der Waals surface area (Å²) < 4.78 is 0. The Hall–Kier alpha value is -0.510. The van der Waals surface area contributed by atoms with Crippen LogP contribution in [0.2, 0.25) is 0 Å². The maximum absolute atomic E-state index is 9.32. The lowest BCUT2D eigenvalue weighted by Crippen LogP contribution is -2.21. The molecule has 1 aromatic rings. The minimum Gasteiger partial charge on any atom is -0.391 e. The van der Waals surface area contributed by atoms with Crippen molar-refractivity contribution in [1.29, 1.82) is 0 Å². The average molecular weight is 211 g/mol. The number of aliphatic hydroxyl groups is 1. The van der Waals surface area contributed by atoms with Crippen molar-refractivity contribution in [3.05, 3.63) is 29.3 Å². The highest BCUT2D eigenvalue weighted by Gasteiger charge is 2.04. The molecule has 0 fully saturated rings. The van der Waals surface area contributed by atoms with Crippen LogP contribution < -0.4 is 5.73 Å². The van der Waals surface area contributed by atoms with Gasteiger partial charge < -0.3 is 10.8 Å². The summed E-state index contributed by atoms with van der Waals surface area (Å²) in [5.41, 5.74) is 7.87. The van der Waals surface area contributed by atoms with Crippen molar-refractivity contribution in [2.24, 2.45) is 5.73 Å². The Morgan fingerprint density at radius 2 is 2.14 bits per heavy atom. The Bertz CT molecular complexity index is 301. The van der Waals surface area contributed by atoms with Crippen LogP contribution in [0, 0.1) is 13.8 Å². The summed E-state index contributed by atoms with van der Waals surface area (Å²) in [6.45, 7) is 4.50. The highest BCUT2D eigenvalue weighted by molar-refractivity contribution is 7.99. The number of hydrogen-bond donors (Lipinski definition) is 2. The van der Waals surface area contributed by atoms with Crippen LogP contribution in [0.5, 0.6) is 0 Å². The highest BCUT2D eigenvalue weighted by atomic mass is 32.2. The van der Waals surface area contributed by atoms with E-state index in [1.54, 1.807) is 11.8 Å². The van der Waals surface area contributed by atoms with Gasteiger partial charge in [0.25, 0.3) is 0 Å². The van der Waals surface area contributed by atoms with E-state index in [0.29, 0.717) is 12.3 Å². The van der Waals surface area contributed by atoms with Crippen LogP contribution in [0.4, 0.5) is 0 Å². The molecule has 3 N–H and O–H groups in total. The molecule has 0 heterocycles. The molecule has 78 valence electrons. The summed E-state index contributed by atoms with van der Waals surface area (Å²) in [5.74, 6) is 0.667. The molecule has 0 spiro atoms. The van der Waals surface area contributed by atoms with E-state index in [1.807, 2.05) is 0 Å². The third-order valence-corrected chi connectivity index (χ3v) is 3.35. The quantitative estimate of drug-likeness (QED) is 0.745. The third-order valence-electron chi connectivity index (χ3n) is 2.03. The molecule has 0 saturated heterocycles. The van der Waals surface area contributed by atoms with Crippen LogP contribution in [-0.2, 0) is 0 Å². The van der Waals surface area contributed by atoms with Crippen LogP contribution in [0.3, 0.4) is 0 Å². The topological polar surface area (TPSA) is 46.2 Å². The maximum atomic E-state index is 9.32. The largest absolute Gasteiger partial charge is 0.391 e. The van der Waals surface area contributed by atoms with E-state index < -0.39 is 6.10 Å². The molecule has 1 aromatic carbocycles. The zero-order valence-corrected chi connectivity index (χ0v) is 9.47. The van der Waals surface area contributed by atoms with Crippen molar-refractivity contribution in [1.82, 2.24) is 0 Å². The number of rotatable bonds is 4. The van der Waals surface area contributed by atoms with Gasteiger partial charge in [-0.2, -0.15) is 0 Å². The fourth-order valence-electron chi connectivity index (χ4n) is 1.22. The number of nitrogens with two attached hydrogens (primary N) is 1. The monoisotopic (exact) mass is 211 g/mol. The second-order valence-electron chi connectivity index (χ2n) is 3.47. The molecule has 0 aliphatic carbocycles. The first-order valence-corrected chi connectivity index (χ1v) is 5.70. The minimum atomic E-state index is -0.402. The van der Waals surface area contributed by atoms with Gasteiger partial charge in [-0.1, -0.05) is 17.7 Å². The summed E-state index contributed by atoms with van der Waals surface area (Å²) in [7, 11) is 0. The molecule has 14 heavy (non-hydrogen) atoms. The molecule has 0 saturated carbocycles. The van der Waals surface area contributed by atoms with Gasteiger partial charge in [0.15, 0.2) is 0 Å². The lowest BCUT2D eigenvalue weighted by Gasteiger charge is -2.09. The van der Waals surface area contributed by atoms with E-state index >= 15 is 0 Å². The van der Waals surface area contributed by atoms with Crippen molar-refractivity contribution in [3.8, 4) is 0 Å². The summed E-state index contributed by atoms with van der Waals surface area (Å²) in [5, 5.41) is 9.32. The molecule has 0 radical (unpaired) electrons. The van der Waals surface area contributed by atoms with Gasteiger partial charge in [0.2, 0.25) is 0 Å². The minimum absolute atomic E-state index is 0.331. The van der Waals surface area contributed by atoms with Gasteiger partial charge in [0.05, 0.1) is 6.10 Å². The van der Waals surface area contributed by atoms with Crippen LogP contribution in [0.1, 0.15) is 11.1 Å². The summed E-state index contributed by atoms with van der Waals surface area (Å²) in [6.07, 6.45) is -0.402. The second kappa shape index (κ2) is 5.39. The Kier molecular flexibility index (Phi) is 4.45. The maximum Gasteiger partial charge on any atom is 0.0756 e. The first-order valence-electron chi connectivity index (χ1n) is 4.71. The third kappa shape index (κ3) is 3.33. The number of hydrogen-bond acceptors (Lipinski definition) is 3. The summed E-state index contributed by atoms with van der Waals surface area (Å²) in [6, 6.07) is 6.33. The predicted molar refractivity (Wildman–Crippen MR) is 61.7 cm³/mol. The fraction of sp³-hybridized carbons (Fsp3) is 0.455. The molecular weight excluding hydrogens is 194 g/mol. The molecular formula is C11H17NOS. The van der Waals surface area contributed by atoms with Gasteiger partial charge in [-0.25, -0.2) is 0 Å². The summed E-state index contributed by atoms with van der Waals surface area (Å²) in [4.78, 5) is 1.23. The van der Waals surface area contributed by atoms with Crippen LogP contribution in [0.25, 0.3) is 0 Å². The number of aryl methyl sites for hydroxylation is 2. The molecule has 2 nitrogen and oxygen atoms in total. The smallest absolute Gasteiger partial charge is 0.0756 e. The van der Waals surface area contributed by atoms with Crippen molar-refractivity contribution >= 4 is 11.8 Å². The van der Waals surface area contributed by atoms with E-state index in [2.05, 4.69) is 32.0 Å². The fourth-order valence-corrected chi connectivity index (χ4v) is 2.17. The SMILES string of the molecule is Cc1ccc(SCC(O)CN)c(C)c1.